The van der Waals surface area contributed by atoms with Gasteiger partial charge < -0.3 is 19.9 Å². The summed E-state index contributed by atoms with van der Waals surface area (Å²) < 4.78 is 17.5. The van der Waals surface area contributed by atoms with E-state index in [2.05, 4.69) is 26.5 Å². The number of nitrogens with one attached hydrogen (secondary N) is 1. The van der Waals surface area contributed by atoms with Crippen molar-refractivity contribution in [2.24, 2.45) is 10.8 Å². The highest BCUT2D eigenvalue weighted by Crippen LogP contribution is 2.22. The van der Waals surface area contributed by atoms with Gasteiger partial charge in [0.15, 0.2) is 6.29 Å². The number of nitrogens with two attached hydrogens (primary N) is 1. The van der Waals surface area contributed by atoms with E-state index in [1.54, 1.807) is 0 Å². The SMILES string of the molecule is NC(=O)NN=Cc1cc(Br)ccc1OCCC1OCCCO1. The molecule has 0 unspecified atom stereocenters. The molecule has 3 N–H and O–H groups in total. The van der Waals surface area contributed by atoms with Crippen LogP contribution in [0.5, 0.6) is 5.75 Å². The molecule has 0 bridgehead atoms. The van der Waals surface area contributed by atoms with Gasteiger partial charge in [-0.2, -0.15) is 5.10 Å². The van der Waals surface area contributed by atoms with E-state index in [0.717, 1.165) is 24.1 Å². The highest BCUT2D eigenvalue weighted by molar-refractivity contribution is 9.10. The number of carbonyl (C=O) groups is 1. The Hall–Kier alpha value is -1.64. The molecule has 0 spiro atoms. The van der Waals surface area contributed by atoms with Crippen molar-refractivity contribution >= 4 is 28.2 Å². The third-order valence-corrected chi connectivity index (χ3v) is 3.35. The van der Waals surface area contributed by atoms with Crippen LogP contribution in [0.4, 0.5) is 4.79 Å². The molecule has 1 fully saturated rings. The van der Waals surface area contributed by atoms with Crippen molar-refractivity contribution in [3.63, 3.8) is 0 Å². The predicted molar refractivity (Wildman–Crippen MR) is 84.9 cm³/mol. The number of halogens is 1. The molecule has 0 aliphatic carbocycles. The van der Waals surface area contributed by atoms with Gasteiger partial charge in [0.25, 0.3) is 0 Å². The number of ether oxygens (including phenoxy) is 3. The minimum atomic E-state index is -0.722. The van der Waals surface area contributed by atoms with E-state index in [9.17, 15) is 4.79 Å². The lowest BCUT2D eigenvalue weighted by atomic mass is 10.2. The third-order valence-electron chi connectivity index (χ3n) is 2.86. The Labute approximate surface area is 136 Å². The number of hydrogen-bond donors (Lipinski definition) is 2. The van der Waals surface area contributed by atoms with Crippen LogP contribution < -0.4 is 15.9 Å². The first kappa shape index (κ1) is 16.7. The molecule has 2 amide bonds. The lowest BCUT2D eigenvalue weighted by Gasteiger charge is -2.23. The molecule has 1 aromatic carbocycles. The summed E-state index contributed by atoms with van der Waals surface area (Å²) in [5, 5.41) is 3.74. The van der Waals surface area contributed by atoms with Gasteiger partial charge in [0, 0.05) is 16.5 Å². The first-order valence-corrected chi connectivity index (χ1v) is 7.68. The monoisotopic (exact) mass is 371 g/mol. The molecule has 0 aromatic heterocycles. The van der Waals surface area contributed by atoms with Gasteiger partial charge in [-0.15, -0.1) is 0 Å². The maximum atomic E-state index is 10.6. The van der Waals surface area contributed by atoms with Crippen LogP contribution in [0, 0.1) is 0 Å². The van der Waals surface area contributed by atoms with E-state index >= 15 is 0 Å². The lowest BCUT2D eigenvalue weighted by Crippen LogP contribution is -2.26. The van der Waals surface area contributed by atoms with Crippen LogP contribution in [0.15, 0.2) is 27.8 Å². The topological polar surface area (TPSA) is 95.2 Å². The van der Waals surface area contributed by atoms with Crippen molar-refractivity contribution < 1.29 is 19.0 Å². The van der Waals surface area contributed by atoms with Crippen LogP contribution in [0.3, 0.4) is 0 Å². The summed E-state index contributed by atoms with van der Waals surface area (Å²) in [4.78, 5) is 10.6. The van der Waals surface area contributed by atoms with Crippen LogP contribution in [-0.2, 0) is 9.47 Å². The number of primary amides is 1. The van der Waals surface area contributed by atoms with E-state index < -0.39 is 6.03 Å². The molecule has 8 heteroatoms. The van der Waals surface area contributed by atoms with Crippen LogP contribution in [0.25, 0.3) is 0 Å². The standard InChI is InChI=1S/C14H18BrN3O4/c15-11-2-3-12(10(8-11)9-17-18-14(16)19)20-7-4-13-21-5-1-6-22-13/h2-3,8-9,13H,1,4-7H2,(H3,16,18,19). The zero-order valence-corrected chi connectivity index (χ0v) is 13.5. The Bertz CT molecular complexity index is 533. The van der Waals surface area contributed by atoms with Gasteiger partial charge in [-0.1, -0.05) is 15.9 Å². The van der Waals surface area contributed by atoms with Crippen molar-refractivity contribution in [3.05, 3.63) is 28.2 Å². The van der Waals surface area contributed by atoms with E-state index in [1.165, 1.54) is 6.21 Å². The van der Waals surface area contributed by atoms with Gasteiger partial charge in [0.2, 0.25) is 0 Å². The number of carbonyl (C=O) groups excluding carboxylic acids is 1. The highest BCUT2D eigenvalue weighted by atomic mass is 79.9. The number of hydrogen-bond acceptors (Lipinski definition) is 5. The second-order valence-electron chi connectivity index (χ2n) is 4.58. The second kappa shape index (κ2) is 8.72. The Balaban J connectivity index is 1.91. The van der Waals surface area contributed by atoms with E-state index in [4.69, 9.17) is 19.9 Å². The largest absolute Gasteiger partial charge is 0.493 e. The number of nitrogens with zero attached hydrogens (tertiary/aromatic N) is 1. The van der Waals surface area contributed by atoms with E-state index in [1.807, 2.05) is 18.2 Å². The molecule has 0 atom stereocenters. The van der Waals surface area contributed by atoms with Crippen LogP contribution in [0.1, 0.15) is 18.4 Å². The fourth-order valence-corrected chi connectivity index (χ4v) is 2.26. The summed E-state index contributed by atoms with van der Waals surface area (Å²) in [7, 11) is 0. The number of benzene rings is 1. The molecule has 7 nitrogen and oxygen atoms in total. The van der Waals surface area contributed by atoms with Crippen molar-refractivity contribution in [2.75, 3.05) is 19.8 Å². The molecule has 0 radical (unpaired) electrons. The van der Waals surface area contributed by atoms with Crippen LogP contribution >= 0.6 is 15.9 Å². The van der Waals surface area contributed by atoms with Crippen molar-refractivity contribution in [2.45, 2.75) is 19.1 Å². The first-order chi connectivity index (χ1) is 10.6. The van der Waals surface area contributed by atoms with Gasteiger partial charge in [-0.3, -0.25) is 0 Å². The van der Waals surface area contributed by atoms with Gasteiger partial charge in [0.1, 0.15) is 5.75 Å². The predicted octanol–water partition coefficient (Wildman–Crippen LogP) is 1.98. The van der Waals surface area contributed by atoms with Crippen LogP contribution in [0.2, 0.25) is 0 Å². The molecule has 120 valence electrons. The molecule has 1 saturated heterocycles. The lowest BCUT2D eigenvalue weighted by molar-refractivity contribution is -0.183. The van der Waals surface area contributed by atoms with Gasteiger partial charge in [0.05, 0.1) is 26.0 Å². The van der Waals surface area contributed by atoms with Gasteiger partial charge >= 0.3 is 6.03 Å². The molecule has 1 aromatic rings. The summed E-state index contributed by atoms with van der Waals surface area (Å²) >= 11 is 3.38. The minimum Gasteiger partial charge on any atom is -0.493 e. The average molecular weight is 372 g/mol. The zero-order chi connectivity index (χ0) is 15.8. The maximum Gasteiger partial charge on any atom is 0.332 e. The number of hydrazone groups is 1. The first-order valence-electron chi connectivity index (χ1n) is 6.89. The zero-order valence-electron chi connectivity index (χ0n) is 12.0. The fourth-order valence-electron chi connectivity index (χ4n) is 1.89. The Morgan fingerprint density at radius 1 is 1.50 bits per heavy atom. The average Bonchev–Trinajstić information content (AvgIpc) is 2.50. The molecule has 1 aliphatic heterocycles. The second-order valence-corrected chi connectivity index (χ2v) is 5.49. The Morgan fingerprint density at radius 2 is 2.27 bits per heavy atom. The maximum absolute atomic E-state index is 10.6. The molecule has 0 saturated carbocycles. The summed E-state index contributed by atoms with van der Waals surface area (Å²) in [5.74, 6) is 0.647. The number of amides is 2. The van der Waals surface area contributed by atoms with E-state index in [-0.39, 0.29) is 6.29 Å². The molecule has 22 heavy (non-hydrogen) atoms. The van der Waals surface area contributed by atoms with Gasteiger partial charge in [-0.25, -0.2) is 10.2 Å². The highest BCUT2D eigenvalue weighted by Gasteiger charge is 2.14. The molecular weight excluding hydrogens is 354 g/mol. The van der Waals surface area contributed by atoms with Crippen molar-refractivity contribution in [1.29, 1.82) is 0 Å². The Morgan fingerprint density at radius 3 is 3.00 bits per heavy atom. The smallest absolute Gasteiger partial charge is 0.332 e. The Kier molecular flexibility index (Phi) is 6.63. The fraction of sp³-hybridized carbons (Fsp3) is 0.429. The summed E-state index contributed by atoms with van der Waals surface area (Å²) in [5.41, 5.74) is 7.82. The number of urea groups is 1. The third kappa shape index (κ3) is 5.63. The summed E-state index contributed by atoms with van der Waals surface area (Å²) in [6.45, 7) is 1.90. The normalized spacial score (nSPS) is 15.9. The molecule has 1 heterocycles. The van der Waals surface area contributed by atoms with Crippen LogP contribution in [-0.4, -0.2) is 38.4 Å². The van der Waals surface area contributed by atoms with Crippen molar-refractivity contribution in [1.82, 2.24) is 5.43 Å². The van der Waals surface area contributed by atoms with Gasteiger partial charge in [-0.05, 0) is 24.6 Å². The van der Waals surface area contributed by atoms with E-state index in [0.29, 0.717) is 24.3 Å². The molecule has 1 aliphatic rings. The minimum absolute atomic E-state index is 0.210. The molecule has 2 rings (SSSR count). The quantitative estimate of drug-likeness (QED) is 0.590. The number of rotatable bonds is 6. The van der Waals surface area contributed by atoms with Crippen molar-refractivity contribution in [3.8, 4) is 5.75 Å². The summed E-state index contributed by atoms with van der Waals surface area (Å²) in [6, 6.07) is 4.79. The molecular formula is C14H18BrN3O4. The summed E-state index contributed by atoms with van der Waals surface area (Å²) in [6.07, 6.45) is 2.83.